The summed E-state index contributed by atoms with van der Waals surface area (Å²) in [5.41, 5.74) is 12.1. The highest BCUT2D eigenvalue weighted by atomic mass is 14.7. The predicted octanol–water partition coefficient (Wildman–Crippen LogP) is 5.54. The van der Waals surface area contributed by atoms with Crippen LogP contribution >= 0.6 is 0 Å². The molecular formula is C25H25N. The van der Waals surface area contributed by atoms with Gasteiger partial charge in [0.05, 0.1) is 0 Å². The number of hydrogen-bond acceptors (Lipinski definition) is 1. The third-order valence-electron chi connectivity index (χ3n) is 5.57. The van der Waals surface area contributed by atoms with E-state index >= 15 is 0 Å². The van der Waals surface area contributed by atoms with E-state index < -0.39 is 0 Å². The zero-order valence-electron chi connectivity index (χ0n) is 15.1. The third-order valence-corrected chi connectivity index (χ3v) is 5.57. The van der Waals surface area contributed by atoms with Gasteiger partial charge in [0.2, 0.25) is 0 Å². The van der Waals surface area contributed by atoms with E-state index in [1.807, 2.05) is 0 Å². The largest absolute Gasteiger partial charge is 0.326 e. The van der Waals surface area contributed by atoms with E-state index in [1.54, 1.807) is 0 Å². The van der Waals surface area contributed by atoms with E-state index in [9.17, 15) is 0 Å². The van der Waals surface area contributed by atoms with E-state index in [-0.39, 0.29) is 17.9 Å². The lowest BCUT2D eigenvalue weighted by Gasteiger charge is -2.38. The van der Waals surface area contributed by atoms with Crippen molar-refractivity contribution in [1.82, 2.24) is 0 Å². The molecule has 0 saturated heterocycles. The van der Waals surface area contributed by atoms with Crippen molar-refractivity contribution in [1.29, 1.82) is 0 Å². The monoisotopic (exact) mass is 339 g/mol. The molecule has 0 bridgehead atoms. The van der Waals surface area contributed by atoms with E-state index in [1.165, 1.54) is 22.3 Å². The van der Waals surface area contributed by atoms with Crippen LogP contribution in [0.15, 0.2) is 97.1 Å². The topological polar surface area (TPSA) is 26.0 Å². The molecule has 1 nitrogen and oxygen atoms in total. The van der Waals surface area contributed by atoms with Crippen LogP contribution in [0.4, 0.5) is 0 Å². The minimum absolute atomic E-state index is 0.0373. The molecule has 1 aliphatic rings. The molecule has 0 aromatic heterocycles. The first kappa shape index (κ1) is 16.8. The first-order chi connectivity index (χ1) is 12.7. The molecule has 4 rings (SSSR count). The molecule has 0 unspecified atom stereocenters. The SMILES string of the molecule is Cc1ccc([C@@H]2[C@@H](N)[C@@H](c3ccccc3)C=C[C@H]2c2ccccc2)cc1. The number of allylic oxidation sites excluding steroid dienone is 1. The number of rotatable bonds is 3. The second-order valence-corrected chi connectivity index (χ2v) is 7.27. The standard InChI is InChI=1S/C25H25N/c1-18-12-14-21(15-13-18)24-22(19-8-4-2-5-9-19)16-17-23(25(24)26)20-10-6-3-7-11-20/h2-17,22-25H,26H2,1H3/t22-,23+,24-,25-/m0/s1. The van der Waals surface area contributed by atoms with Gasteiger partial charge in [0.25, 0.3) is 0 Å². The quantitative estimate of drug-likeness (QED) is 0.623. The van der Waals surface area contributed by atoms with E-state index in [0.29, 0.717) is 5.92 Å². The lowest BCUT2D eigenvalue weighted by molar-refractivity contribution is 0.439. The molecule has 0 aliphatic heterocycles. The van der Waals surface area contributed by atoms with Gasteiger partial charge in [-0.25, -0.2) is 0 Å². The molecular weight excluding hydrogens is 314 g/mol. The molecule has 0 heterocycles. The summed E-state index contributed by atoms with van der Waals surface area (Å²) in [4.78, 5) is 0. The second kappa shape index (κ2) is 7.31. The van der Waals surface area contributed by atoms with Crippen LogP contribution in [0.25, 0.3) is 0 Å². The van der Waals surface area contributed by atoms with Gasteiger partial charge < -0.3 is 5.73 Å². The summed E-state index contributed by atoms with van der Waals surface area (Å²) in [7, 11) is 0. The van der Waals surface area contributed by atoms with Crippen LogP contribution in [0.1, 0.15) is 40.0 Å². The van der Waals surface area contributed by atoms with Crippen molar-refractivity contribution in [2.24, 2.45) is 5.73 Å². The van der Waals surface area contributed by atoms with Crippen molar-refractivity contribution >= 4 is 0 Å². The van der Waals surface area contributed by atoms with Crippen LogP contribution < -0.4 is 5.73 Å². The van der Waals surface area contributed by atoms with Gasteiger partial charge in [-0.3, -0.25) is 0 Å². The van der Waals surface area contributed by atoms with Crippen molar-refractivity contribution in [3.63, 3.8) is 0 Å². The minimum Gasteiger partial charge on any atom is -0.326 e. The highest BCUT2D eigenvalue weighted by Gasteiger charge is 2.36. The molecule has 2 N–H and O–H groups in total. The first-order valence-electron chi connectivity index (χ1n) is 9.34. The Morgan fingerprint density at radius 1 is 0.577 bits per heavy atom. The fourth-order valence-electron chi connectivity index (χ4n) is 4.17. The van der Waals surface area contributed by atoms with Gasteiger partial charge in [-0.1, -0.05) is 103 Å². The fraction of sp³-hybridized carbons (Fsp3) is 0.200. The summed E-state index contributed by atoms with van der Waals surface area (Å²) in [6, 6.07) is 30.3. The lowest BCUT2D eigenvalue weighted by Crippen LogP contribution is -2.39. The van der Waals surface area contributed by atoms with Gasteiger partial charge in [0.1, 0.15) is 0 Å². The molecule has 130 valence electrons. The Morgan fingerprint density at radius 3 is 1.65 bits per heavy atom. The van der Waals surface area contributed by atoms with Crippen molar-refractivity contribution in [2.75, 3.05) is 0 Å². The summed E-state index contributed by atoms with van der Waals surface area (Å²) in [5, 5.41) is 0. The van der Waals surface area contributed by atoms with Gasteiger partial charge in [0, 0.05) is 23.8 Å². The van der Waals surface area contributed by atoms with Crippen molar-refractivity contribution < 1.29 is 0 Å². The number of benzene rings is 3. The third kappa shape index (κ3) is 3.23. The fourth-order valence-corrected chi connectivity index (χ4v) is 4.17. The predicted molar refractivity (Wildman–Crippen MR) is 109 cm³/mol. The second-order valence-electron chi connectivity index (χ2n) is 7.27. The van der Waals surface area contributed by atoms with Gasteiger partial charge in [-0.15, -0.1) is 0 Å². The molecule has 1 aliphatic carbocycles. The van der Waals surface area contributed by atoms with Gasteiger partial charge in [-0.05, 0) is 23.6 Å². The average molecular weight is 339 g/mol. The average Bonchev–Trinajstić information content (AvgIpc) is 2.70. The Balaban J connectivity index is 1.79. The molecule has 4 atom stereocenters. The van der Waals surface area contributed by atoms with Crippen LogP contribution in [0.3, 0.4) is 0 Å². The maximum Gasteiger partial charge on any atom is 0.0221 e. The number of hydrogen-bond donors (Lipinski definition) is 1. The summed E-state index contributed by atoms with van der Waals surface area (Å²) >= 11 is 0. The molecule has 3 aromatic rings. The smallest absolute Gasteiger partial charge is 0.0221 e. The maximum absolute atomic E-state index is 6.90. The molecule has 0 radical (unpaired) electrons. The Labute approximate surface area is 156 Å². The van der Waals surface area contributed by atoms with Crippen LogP contribution in [-0.4, -0.2) is 6.04 Å². The van der Waals surface area contributed by atoms with Gasteiger partial charge in [0.15, 0.2) is 0 Å². The van der Waals surface area contributed by atoms with E-state index in [4.69, 9.17) is 5.73 Å². The van der Waals surface area contributed by atoms with Crippen LogP contribution in [0, 0.1) is 6.92 Å². The molecule has 1 heteroatoms. The van der Waals surface area contributed by atoms with Crippen LogP contribution in [-0.2, 0) is 0 Å². The molecule has 0 fully saturated rings. The highest BCUT2D eigenvalue weighted by molar-refractivity contribution is 5.41. The minimum atomic E-state index is 0.0373. The lowest BCUT2D eigenvalue weighted by atomic mass is 9.68. The van der Waals surface area contributed by atoms with Gasteiger partial charge >= 0.3 is 0 Å². The summed E-state index contributed by atoms with van der Waals surface area (Å²) in [6.07, 6.45) is 4.67. The Hall–Kier alpha value is -2.64. The normalized spacial score (nSPS) is 25.2. The summed E-state index contributed by atoms with van der Waals surface area (Å²) in [5.74, 6) is 0.796. The highest BCUT2D eigenvalue weighted by Crippen LogP contribution is 2.44. The van der Waals surface area contributed by atoms with Crippen LogP contribution in [0.2, 0.25) is 0 Å². The van der Waals surface area contributed by atoms with E-state index in [0.717, 1.165) is 0 Å². The summed E-state index contributed by atoms with van der Waals surface area (Å²) in [6.45, 7) is 2.13. The van der Waals surface area contributed by atoms with Crippen molar-refractivity contribution in [2.45, 2.75) is 30.7 Å². The van der Waals surface area contributed by atoms with Gasteiger partial charge in [-0.2, -0.15) is 0 Å². The zero-order chi connectivity index (χ0) is 17.9. The molecule has 0 amide bonds. The maximum atomic E-state index is 6.90. The van der Waals surface area contributed by atoms with Crippen LogP contribution in [0.5, 0.6) is 0 Å². The zero-order valence-corrected chi connectivity index (χ0v) is 15.1. The number of aryl methyl sites for hydroxylation is 1. The Morgan fingerprint density at radius 2 is 1.08 bits per heavy atom. The Bertz CT molecular complexity index is 865. The molecule has 3 aromatic carbocycles. The molecule has 0 saturated carbocycles. The molecule has 0 spiro atoms. The first-order valence-corrected chi connectivity index (χ1v) is 9.34. The Kier molecular flexibility index (Phi) is 4.73. The summed E-state index contributed by atoms with van der Waals surface area (Å²) < 4.78 is 0. The van der Waals surface area contributed by atoms with Crippen molar-refractivity contribution in [3.05, 3.63) is 119 Å². The van der Waals surface area contributed by atoms with E-state index in [2.05, 4.69) is 104 Å². The molecule has 26 heavy (non-hydrogen) atoms. The number of nitrogens with two attached hydrogens (primary N) is 1. The van der Waals surface area contributed by atoms with Crippen molar-refractivity contribution in [3.8, 4) is 0 Å².